The maximum Gasteiger partial charge on any atom is 0.255 e. The van der Waals surface area contributed by atoms with Crippen molar-refractivity contribution in [2.75, 3.05) is 17.7 Å². The lowest BCUT2D eigenvalue weighted by Crippen LogP contribution is -2.19. The Kier molecular flexibility index (Phi) is 5.33. The summed E-state index contributed by atoms with van der Waals surface area (Å²) in [6.07, 6.45) is 5.75. The standard InChI is InChI=1S/C23H26N2O3/c1-28-21-5-3-2-4-20(21)25-23(27)17-10-12-18(13-11-17)24-22(26)14-19(15-6-7-15)16-8-9-16/h2-5,10-13,15-16,19H,6-9,14H2,1H3,(H,24,26)(H,25,27). The van der Waals surface area contributed by atoms with Gasteiger partial charge in [-0.1, -0.05) is 12.1 Å². The van der Waals surface area contributed by atoms with Crippen molar-refractivity contribution >= 4 is 23.2 Å². The van der Waals surface area contributed by atoms with E-state index in [0.717, 1.165) is 17.5 Å². The van der Waals surface area contributed by atoms with Gasteiger partial charge in [-0.05, 0) is 79.8 Å². The van der Waals surface area contributed by atoms with Crippen LogP contribution in [0.15, 0.2) is 48.5 Å². The van der Waals surface area contributed by atoms with Gasteiger partial charge in [0.1, 0.15) is 5.75 Å². The van der Waals surface area contributed by atoms with Crippen LogP contribution in [0.2, 0.25) is 0 Å². The fraction of sp³-hybridized carbons (Fsp3) is 0.391. The first-order chi connectivity index (χ1) is 13.6. The van der Waals surface area contributed by atoms with Gasteiger partial charge in [-0.15, -0.1) is 0 Å². The summed E-state index contributed by atoms with van der Waals surface area (Å²) < 4.78 is 5.26. The van der Waals surface area contributed by atoms with Crippen molar-refractivity contribution in [3.05, 3.63) is 54.1 Å². The molecule has 0 heterocycles. The number of methoxy groups -OCH3 is 1. The van der Waals surface area contributed by atoms with Gasteiger partial charge in [0.2, 0.25) is 5.91 Å². The lowest BCUT2D eigenvalue weighted by atomic mass is 9.94. The molecule has 2 aliphatic carbocycles. The molecular weight excluding hydrogens is 352 g/mol. The summed E-state index contributed by atoms with van der Waals surface area (Å²) in [5.74, 6) is 2.56. The van der Waals surface area contributed by atoms with Gasteiger partial charge in [0.15, 0.2) is 0 Å². The summed E-state index contributed by atoms with van der Waals surface area (Å²) in [5, 5.41) is 5.83. The normalized spacial score (nSPS) is 15.9. The van der Waals surface area contributed by atoms with Crippen molar-refractivity contribution < 1.29 is 14.3 Å². The minimum atomic E-state index is -0.218. The Labute approximate surface area is 165 Å². The van der Waals surface area contributed by atoms with Crippen LogP contribution in [0.1, 0.15) is 42.5 Å². The molecule has 2 fully saturated rings. The molecule has 5 nitrogen and oxygen atoms in total. The zero-order valence-corrected chi connectivity index (χ0v) is 16.1. The highest BCUT2D eigenvalue weighted by Gasteiger charge is 2.42. The van der Waals surface area contributed by atoms with Crippen LogP contribution in [-0.4, -0.2) is 18.9 Å². The van der Waals surface area contributed by atoms with Gasteiger partial charge in [-0.2, -0.15) is 0 Å². The Balaban J connectivity index is 1.34. The molecule has 28 heavy (non-hydrogen) atoms. The number of ether oxygens (including phenoxy) is 1. The van der Waals surface area contributed by atoms with Crippen molar-refractivity contribution in [1.29, 1.82) is 0 Å². The Morgan fingerprint density at radius 3 is 2.21 bits per heavy atom. The summed E-state index contributed by atoms with van der Waals surface area (Å²) in [7, 11) is 1.57. The highest BCUT2D eigenvalue weighted by atomic mass is 16.5. The monoisotopic (exact) mass is 378 g/mol. The predicted octanol–water partition coefficient (Wildman–Crippen LogP) is 4.71. The van der Waals surface area contributed by atoms with Crippen molar-refractivity contribution in [1.82, 2.24) is 0 Å². The highest BCUT2D eigenvalue weighted by Crippen LogP contribution is 2.50. The maximum absolute atomic E-state index is 12.5. The van der Waals surface area contributed by atoms with Gasteiger partial charge >= 0.3 is 0 Å². The van der Waals surface area contributed by atoms with E-state index >= 15 is 0 Å². The molecule has 146 valence electrons. The van der Waals surface area contributed by atoms with E-state index in [1.165, 1.54) is 25.7 Å². The van der Waals surface area contributed by atoms with Crippen LogP contribution in [0, 0.1) is 17.8 Å². The molecule has 0 saturated heterocycles. The van der Waals surface area contributed by atoms with Crippen molar-refractivity contribution in [2.45, 2.75) is 32.1 Å². The summed E-state index contributed by atoms with van der Waals surface area (Å²) in [4.78, 5) is 24.9. The number of rotatable bonds is 8. The molecule has 2 amide bonds. The fourth-order valence-corrected chi connectivity index (χ4v) is 3.84. The number of nitrogens with one attached hydrogen (secondary N) is 2. The Morgan fingerprint density at radius 2 is 1.61 bits per heavy atom. The maximum atomic E-state index is 12.5. The number of hydrogen-bond acceptors (Lipinski definition) is 3. The zero-order valence-electron chi connectivity index (χ0n) is 16.1. The van der Waals surface area contributed by atoms with Crippen LogP contribution in [0.25, 0.3) is 0 Å². The summed E-state index contributed by atoms with van der Waals surface area (Å²) in [6.45, 7) is 0. The third kappa shape index (κ3) is 4.53. The van der Waals surface area contributed by atoms with E-state index in [2.05, 4.69) is 10.6 Å². The molecule has 2 N–H and O–H groups in total. The topological polar surface area (TPSA) is 67.4 Å². The molecule has 2 saturated carbocycles. The van der Waals surface area contributed by atoms with E-state index in [4.69, 9.17) is 4.74 Å². The minimum Gasteiger partial charge on any atom is -0.495 e. The second-order valence-electron chi connectivity index (χ2n) is 7.82. The van der Waals surface area contributed by atoms with Gasteiger partial charge < -0.3 is 15.4 Å². The third-order valence-electron chi connectivity index (χ3n) is 5.66. The smallest absolute Gasteiger partial charge is 0.255 e. The Hall–Kier alpha value is -2.82. The van der Waals surface area contributed by atoms with Gasteiger partial charge in [-0.3, -0.25) is 9.59 Å². The molecule has 0 aliphatic heterocycles. The molecule has 0 spiro atoms. The lowest BCUT2D eigenvalue weighted by molar-refractivity contribution is -0.117. The van der Waals surface area contributed by atoms with E-state index < -0.39 is 0 Å². The van der Waals surface area contributed by atoms with Crippen LogP contribution in [0.4, 0.5) is 11.4 Å². The predicted molar refractivity (Wildman–Crippen MR) is 110 cm³/mol. The number of hydrogen-bond donors (Lipinski definition) is 2. The van der Waals surface area contributed by atoms with Gasteiger partial charge in [0, 0.05) is 17.7 Å². The SMILES string of the molecule is COc1ccccc1NC(=O)c1ccc(NC(=O)CC(C2CC2)C2CC2)cc1. The molecular formula is C23H26N2O3. The first-order valence-electron chi connectivity index (χ1n) is 9.98. The van der Waals surface area contributed by atoms with Crippen LogP contribution in [0.5, 0.6) is 5.75 Å². The number of carbonyl (C=O) groups is 2. The van der Waals surface area contributed by atoms with Crippen molar-refractivity contribution in [2.24, 2.45) is 17.8 Å². The number of carbonyl (C=O) groups excluding carboxylic acids is 2. The molecule has 0 bridgehead atoms. The largest absolute Gasteiger partial charge is 0.495 e. The summed E-state index contributed by atoms with van der Waals surface area (Å²) in [5.41, 5.74) is 1.88. The average molecular weight is 378 g/mol. The molecule has 0 aromatic heterocycles. The number of para-hydroxylation sites is 2. The van der Waals surface area contributed by atoms with Crippen LogP contribution >= 0.6 is 0 Å². The van der Waals surface area contributed by atoms with Crippen molar-refractivity contribution in [3.8, 4) is 5.75 Å². The Morgan fingerprint density at radius 1 is 0.964 bits per heavy atom. The Bertz CT molecular complexity index is 842. The summed E-state index contributed by atoms with van der Waals surface area (Å²) >= 11 is 0. The van der Waals surface area contributed by atoms with E-state index in [1.54, 1.807) is 43.5 Å². The second-order valence-corrected chi connectivity index (χ2v) is 7.82. The van der Waals surface area contributed by atoms with Crippen molar-refractivity contribution in [3.63, 3.8) is 0 Å². The van der Waals surface area contributed by atoms with Crippen LogP contribution in [0.3, 0.4) is 0 Å². The van der Waals surface area contributed by atoms with Crippen LogP contribution < -0.4 is 15.4 Å². The van der Waals surface area contributed by atoms with Gasteiger partial charge in [0.25, 0.3) is 5.91 Å². The first kappa shape index (κ1) is 18.5. The fourth-order valence-electron chi connectivity index (χ4n) is 3.84. The molecule has 0 radical (unpaired) electrons. The average Bonchev–Trinajstić information content (AvgIpc) is 3.61. The molecule has 5 heteroatoms. The number of amides is 2. The minimum absolute atomic E-state index is 0.0787. The second kappa shape index (κ2) is 8.05. The quantitative estimate of drug-likeness (QED) is 0.699. The molecule has 2 aromatic carbocycles. The van der Waals surface area contributed by atoms with E-state index in [1.807, 2.05) is 12.1 Å². The lowest BCUT2D eigenvalue weighted by Gasteiger charge is -2.15. The molecule has 2 aliphatic rings. The number of benzene rings is 2. The van der Waals surface area contributed by atoms with Crippen LogP contribution in [-0.2, 0) is 4.79 Å². The molecule has 2 aromatic rings. The van der Waals surface area contributed by atoms with E-state index in [0.29, 0.717) is 29.3 Å². The zero-order chi connectivity index (χ0) is 19.5. The highest BCUT2D eigenvalue weighted by molar-refractivity contribution is 6.05. The van der Waals surface area contributed by atoms with E-state index in [9.17, 15) is 9.59 Å². The molecule has 0 unspecified atom stereocenters. The van der Waals surface area contributed by atoms with E-state index in [-0.39, 0.29) is 11.8 Å². The van der Waals surface area contributed by atoms with Gasteiger partial charge in [0.05, 0.1) is 12.8 Å². The summed E-state index contributed by atoms with van der Waals surface area (Å²) in [6, 6.07) is 14.3. The molecule has 0 atom stereocenters. The molecule has 4 rings (SSSR count). The van der Waals surface area contributed by atoms with Gasteiger partial charge in [-0.25, -0.2) is 0 Å². The first-order valence-corrected chi connectivity index (χ1v) is 9.98. The third-order valence-corrected chi connectivity index (χ3v) is 5.66. The number of anilines is 2.